The molecule has 0 bridgehead atoms. The molecule has 10 nitrogen and oxygen atoms in total. The predicted octanol–water partition coefficient (Wildman–Crippen LogP) is 6.02. The molecule has 214 valence electrons. The lowest BCUT2D eigenvalue weighted by molar-refractivity contribution is 0.102. The van der Waals surface area contributed by atoms with E-state index < -0.39 is 23.0 Å². The topological polar surface area (TPSA) is 129 Å². The first-order valence-corrected chi connectivity index (χ1v) is 13.6. The van der Waals surface area contributed by atoms with Gasteiger partial charge in [-0.3, -0.25) is 13.3 Å². The number of hydrogen-bond donors (Lipinski definition) is 2. The zero-order chi connectivity index (χ0) is 29.8. The van der Waals surface area contributed by atoms with Crippen molar-refractivity contribution < 1.29 is 27.4 Å². The van der Waals surface area contributed by atoms with Crippen molar-refractivity contribution in [2.24, 2.45) is 0 Å². The van der Waals surface area contributed by atoms with Crippen LogP contribution in [0, 0.1) is 12.7 Å². The first-order valence-electron chi connectivity index (χ1n) is 12.6. The molecule has 0 aliphatic carbocycles. The molecular formula is C30H25FN5O5S-. The Balaban J connectivity index is 1.56. The molecule has 0 radical (unpaired) electrons. The van der Waals surface area contributed by atoms with Gasteiger partial charge in [-0.15, -0.1) is 0 Å². The lowest BCUT2D eigenvalue weighted by atomic mass is 10.1. The third-order valence-electron chi connectivity index (χ3n) is 6.27. The van der Waals surface area contributed by atoms with Crippen molar-refractivity contribution in [1.82, 2.24) is 9.97 Å². The zero-order valence-corrected chi connectivity index (χ0v) is 23.6. The van der Waals surface area contributed by atoms with Gasteiger partial charge in [-0.2, -0.15) is 0 Å². The van der Waals surface area contributed by atoms with Crippen LogP contribution in [0.3, 0.4) is 0 Å². The number of methoxy groups -OCH3 is 2. The van der Waals surface area contributed by atoms with E-state index in [-0.39, 0.29) is 22.9 Å². The Bertz CT molecular complexity index is 1800. The van der Waals surface area contributed by atoms with Crippen LogP contribution in [0.1, 0.15) is 15.9 Å². The van der Waals surface area contributed by atoms with Crippen LogP contribution in [0.4, 0.5) is 33.1 Å². The Morgan fingerprint density at radius 2 is 1.57 bits per heavy atom. The summed E-state index contributed by atoms with van der Waals surface area (Å²) in [5.41, 5.74) is 2.60. The molecule has 0 spiro atoms. The summed E-state index contributed by atoms with van der Waals surface area (Å²) in [4.78, 5) is 22.1. The van der Waals surface area contributed by atoms with Crippen molar-refractivity contribution in [2.75, 3.05) is 29.2 Å². The Hall–Kier alpha value is -5.07. The summed E-state index contributed by atoms with van der Waals surface area (Å²) in [6, 6.07) is 22.4. The molecule has 0 aliphatic rings. The number of aryl methyl sites for hydroxylation is 1. The van der Waals surface area contributed by atoms with E-state index in [2.05, 4.69) is 20.6 Å². The first-order chi connectivity index (χ1) is 20.2. The van der Waals surface area contributed by atoms with Gasteiger partial charge in [0.25, 0.3) is 5.91 Å². The van der Waals surface area contributed by atoms with Crippen LogP contribution in [0.25, 0.3) is 11.0 Å². The number of para-hydroxylation sites is 2. The van der Waals surface area contributed by atoms with Crippen molar-refractivity contribution in [3.8, 4) is 11.5 Å². The number of ether oxygens (including phenoxy) is 2. The second-order valence-electron chi connectivity index (χ2n) is 9.09. The molecule has 0 aliphatic heterocycles. The SMILES string of the molecule is COc1cc(Nc2nc3ccccc3nc2N(c2cccc(NC(=O)c3ccc(F)c(C)c3)c2)S(=O)[O-])cc(OC)c1. The number of carbonyl (C=O) groups is 1. The molecule has 2 N–H and O–H groups in total. The minimum atomic E-state index is -2.85. The quantitative estimate of drug-likeness (QED) is 0.201. The van der Waals surface area contributed by atoms with E-state index >= 15 is 0 Å². The second-order valence-corrected chi connectivity index (χ2v) is 9.89. The number of amides is 1. The third-order valence-corrected chi connectivity index (χ3v) is 6.95. The summed E-state index contributed by atoms with van der Waals surface area (Å²) < 4.78 is 50.8. The third kappa shape index (κ3) is 6.14. The number of nitrogens with one attached hydrogen (secondary N) is 2. The Morgan fingerprint density at radius 3 is 2.21 bits per heavy atom. The van der Waals surface area contributed by atoms with Gasteiger partial charge in [-0.1, -0.05) is 18.2 Å². The number of aromatic nitrogens is 2. The summed E-state index contributed by atoms with van der Waals surface area (Å²) in [5, 5.41) is 5.88. The van der Waals surface area contributed by atoms with E-state index in [1.807, 2.05) is 0 Å². The van der Waals surface area contributed by atoms with Gasteiger partial charge in [0.2, 0.25) is 0 Å². The van der Waals surface area contributed by atoms with Gasteiger partial charge >= 0.3 is 0 Å². The van der Waals surface area contributed by atoms with Crippen molar-refractivity contribution in [2.45, 2.75) is 6.92 Å². The molecule has 4 aromatic carbocycles. The van der Waals surface area contributed by atoms with Crippen LogP contribution in [-0.2, 0) is 11.3 Å². The molecule has 1 amide bonds. The molecule has 12 heteroatoms. The number of hydrogen-bond acceptors (Lipinski definition) is 8. The summed E-state index contributed by atoms with van der Waals surface area (Å²) in [6.45, 7) is 1.56. The average molecular weight is 587 g/mol. The zero-order valence-electron chi connectivity index (χ0n) is 22.8. The minimum absolute atomic E-state index is 0.0125. The maximum absolute atomic E-state index is 13.7. The minimum Gasteiger partial charge on any atom is -0.755 e. The summed E-state index contributed by atoms with van der Waals surface area (Å²) in [5.74, 6) is 0.249. The molecule has 5 aromatic rings. The lowest BCUT2D eigenvalue weighted by Gasteiger charge is -2.27. The Morgan fingerprint density at radius 1 is 0.881 bits per heavy atom. The number of halogens is 1. The smallest absolute Gasteiger partial charge is 0.255 e. The highest BCUT2D eigenvalue weighted by molar-refractivity contribution is 7.81. The van der Waals surface area contributed by atoms with Gasteiger partial charge < -0.3 is 24.7 Å². The van der Waals surface area contributed by atoms with Crippen LogP contribution in [0.2, 0.25) is 0 Å². The molecule has 0 fully saturated rings. The van der Waals surface area contributed by atoms with Crippen molar-refractivity contribution in [3.63, 3.8) is 0 Å². The van der Waals surface area contributed by atoms with Gasteiger partial charge in [0.05, 0.1) is 42.2 Å². The van der Waals surface area contributed by atoms with E-state index in [1.54, 1.807) is 67.6 Å². The van der Waals surface area contributed by atoms with Gasteiger partial charge in [0.15, 0.2) is 11.6 Å². The largest absolute Gasteiger partial charge is 0.755 e. The van der Waals surface area contributed by atoms with Crippen LogP contribution in [0.5, 0.6) is 11.5 Å². The fourth-order valence-corrected chi connectivity index (χ4v) is 4.76. The fourth-order valence-electron chi connectivity index (χ4n) is 4.21. The number of anilines is 5. The Kier molecular flexibility index (Phi) is 8.27. The van der Waals surface area contributed by atoms with E-state index in [0.29, 0.717) is 39.5 Å². The van der Waals surface area contributed by atoms with Crippen molar-refractivity contribution in [1.29, 1.82) is 0 Å². The predicted molar refractivity (Wildman–Crippen MR) is 159 cm³/mol. The van der Waals surface area contributed by atoms with Crippen molar-refractivity contribution >= 4 is 56.9 Å². The maximum atomic E-state index is 13.7. The first kappa shape index (κ1) is 28.5. The number of benzene rings is 4. The number of rotatable bonds is 9. The molecule has 1 aromatic heterocycles. The highest BCUT2D eigenvalue weighted by Crippen LogP contribution is 2.36. The van der Waals surface area contributed by atoms with Gasteiger partial charge in [0.1, 0.15) is 17.3 Å². The summed E-state index contributed by atoms with van der Waals surface area (Å²) in [6.07, 6.45) is 0. The normalized spacial score (nSPS) is 11.5. The molecule has 42 heavy (non-hydrogen) atoms. The van der Waals surface area contributed by atoms with E-state index in [4.69, 9.17) is 9.47 Å². The highest BCUT2D eigenvalue weighted by Gasteiger charge is 2.21. The average Bonchev–Trinajstić information content (AvgIpc) is 2.98. The van der Waals surface area contributed by atoms with E-state index in [0.717, 1.165) is 4.31 Å². The van der Waals surface area contributed by atoms with E-state index in [9.17, 15) is 17.9 Å². The molecule has 1 atom stereocenters. The fraction of sp³-hybridized carbons (Fsp3) is 0.100. The summed E-state index contributed by atoms with van der Waals surface area (Å²) in [7, 11) is 3.04. The van der Waals surface area contributed by atoms with Crippen molar-refractivity contribution in [3.05, 3.63) is 102 Å². The Labute approximate surface area is 243 Å². The lowest BCUT2D eigenvalue weighted by Crippen LogP contribution is -2.23. The van der Waals surface area contributed by atoms with E-state index in [1.165, 1.54) is 38.5 Å². The van der Waals surface area contributed by atoms with Crippen LogP contribution < -0.4 is 24.4 Å². The molecule has 0 saturated carbocycles. The standard InChI is InChI=1S/C30H26FN5O5S/c1-18-13-19(11-12-25(18)31)30(37)33-20-7-6-8-22(14-20)36(42(38)39)29-28(34-26-9-4-5-10-27(26)35-29)32-21-15-23(40-2)17-24(16-21)41-3/h4-17H,1-3H3,(H,32,34)(H,33,37)(H,38,39)/p-1. The van der Waals surface area contributed by atoms with Gasteiger partial charge in [-0.25, -0.2) is 14.4 Å². The van der Waals surface area contributed by atoms with Crippen LogP contribution in [0.15, 0.2) is 84.9 Å². The number of fused-ring (bicyclic) bond motifs is 1. The molecular weight excluding hydrogens is 561 g/mol. The monoisotopic (exact) mass is 586 g/mol. The maximum Gasteiger partial charge on any atom is 0.255 e. The molecule has 5 rings (SSSR count). The number of nitrogens with zero attached hydrogens (tertiary/aromatic N) is 3. The number of carbonyl (C=O) groups excluding carboxylic acids is 1. The molecule has 1 heterocycles. The second kappa shape index (κ2) is 12.2. The molecule has 0 saturated heterocycles. The highest BCUT2D eigenvalue weighted by atomic mass is 32.2. The van der Waals surface area contributed by atoms with Crippen LogP contribution in [-0.4, -0.2) is 38.9 Å². The summed E-state index contributed by atoms with van der Waals surface area (Å²) >= 11 is -2.85. The van der Waals surface area contributed by atoms with Crippen LogP contribution >= 0.6 is 0 Å². The van der Waals surface area contributed by atoms with Gasteiger partial charge in [0, 0.05) is 35.1 Å². The van der Waals surface area contributed by atoms with Gasteiger partial charge in [-0.05, 0) is 61.0 Å². The molecule has 1 unspecified atom stereocenters.